The summed E-state index contributed by atoms with van der Waals surface area (Å²) in [5, 5.41) is 13.8. The second-order valence-corrected chi connectivity index (χ2v) is 5.17. The van der Waals surface area contributed by atoms with Gasteiger partial charge in [0.2, 0.25) is 0 Å². The van der Waals surface area contributed by atoms with Crippen molar-refractivity contribution in [2.75, 3.05) is 12.0 Å². The summed E-state index contributed by atoms with van der Waals surface area (Å²) >= 11 is 0. The van der Waals surface area contributed by atoms with Gasteiger partial charge in [-0.25, -0.2) is 0 Å². The van der Waals surface area contributed by atoms with Crippen LogP contribution in [0.4, 0.5) is 11.4 Å². The Morgan fingerprint density at radius 3 is 2.70 bits per heavy atom. The van der Waals surface area contributed by atoms with E-state index in [-0.39, 0.29) is 28.3 Å². The van der Waals surface area contributed by atoms with Crippen molar-refractivity contribution >= 4 is 17.3 Å². The average molecular weight is 278 g/mol. The fraction of sp³-hybridized carbons (Fsp3) is 0.462. The second-order valence-electron chi connectivity index (χ2n) is 5.17. The van der Waals surface area contributed by atoms with E-state index in [9.17, 15) is 14.9 Å². The van der Waals surface area contributed by atoms with Crippen LogP contribution in [0.3, 0.4) is 0 Å². The number of carbonyl (C=O) groups excluding carboxylic acids is 1. The number of hydrazine groups is 1. The molecular weight excluding hydrogens is 260 g/mol. The smallest absolute Gasteiger partial charge is 0.294 e. The molecule has 0 saturated heterocycles. The lowest BCUT2D eigenvalue weighted by Gasteiger charge is -2.13. The highest BCUT2D eigenvalue weighted by Crippen LogP contribution is 2.47. The minimum absolute atomic E-state index is 0.179. The summed E-state index contributed by atoms with van der Waals surface area (Å²) in [5.74, 6) is 4.91. The van der Waals surface area contributed by atoms with Gasteiger partial charge in [-0.15, -0.1) is 0 Å². The molecule has 1 amide bonds. The van der Waals surface area contributed by atoms with Crippen LogP contribution in [0.15, 0.2) is 18.2 Å². The Balaban J connectivity index is 2.10. The molecule has 0 bridgehead atoms. The number of amides is 1. The number of hydrogen-bond acceptors (Lipinski definition) is 5. The van der Waals surface area contributed by atoms with Crippen LogP contribution in [-0.4, -0.2) is 17.4 Å². The predicted octanol–water partition coefficient (Wildman–Crippen LogP) is 1.80. The van der Waals surface area contributed by atoms with E-state index >= 15 is 0 Å². The highest BCUT2D eigenvalue weighted by molar-refractivity contribution is 5.95. The number of nitro groups is 1. The summed E-state index contributed by atoms with van der Waals surface area (Å²) in [6, 6.07) is 4.18. The lowest BCUT2D eigenvalue weighted by atomic mass is 10.0. The summed E-state index contributed by atoms with van der Waals surface area (Å²) in [4.78, 5) is 22.4. The molecule has 1 aliphatic carbocycles. The van der Waals surface area contributed by atoms with Gasteiger partial charge in [-0.3, -0.25) is 20.8 Å². The van der Waals surface area contributed by atoms with Crippen LogP contribution >= 0.6 is 0 Å². The summed E-state index contributed by atoms with van der Waals surface area (Å²) in [7, 11) is 0. The van der Waals surface area contributed by atoms with Crippen molar-refractivity contribution < 1.29 is 9.72 Å². The normalized spacial score (nSPS) is 15.5. The van der Waals surface area contributed by atoms with Crippen LogP contribution < -0.4 is 16.6 Å². The molecule has 108 valence electrons. The van der Waals surface area contributed by atoms with E-state index in [4.69, 9.17) is 5.84 Å². The molecule has 0 heterocycles. The minimum atomic E-state index is -0.569. The first-order chi connectivity index (χ1) is 9.51. The zero-order valence-electron chi connectivity index (χ0n) is 11.3. The molecule has 2 rings (SSSR count). The van der Waals surface area contributed by atoms with Crippen LogP contribution in [0.5, 0.6) is 0 Å². The molecule has 0 aromatic heterocycles. The number of rotatable bonds is 6. The maximum atomic E-state index is 12.0. The van der Waals surface area contributed by atoms with E-state index in [0.29, 0.717) is 6.54 Å². The first-order valence-corrected chi connectivity index (χ1v) is 6.54. The largest absolute Gasteiger partial charge is 0.351 e. The van der Waals surface area contributed by atoms with E-state index in [1.54, 1.807) is 0 Å². The number of hydrogen-bond donors (Lipinski definition) is 3. The zero-order valence-corrected chi connectivity index (χ0v) is 11.3. The van der Waals surface area contributed by atoms with Crippen LogP contribution in [0.2, 0.25) is 0 Å². The molecule has 0 spiro atoms. The van der Waals surface area contributed by atoms with Gasteiger partial charge in [0, 0.05) is 18.2 Å². The molecule has 1 aliphatic rings. The summed E-state index contributed by atoms with van der Waals surface area (Å²) in [6.45, 7) is 2.72. The number of anilines is 1. The van der Waals surface area contributed by atoms with Crippen molar-refractivity contribution in [2.24, 2.45) is 11.3 Å². The molecule has 0 unspecified atom stereocenters. The minimum Gasteiger partial charge on any atom is -0.351 e. The molecule has 1 fully saturated rings. The Labute approximate surface area is 116 Å². The predicted molar refractivity (Wildman–Crippen MR) is 75.2 cm³/mol. The zero-order chi connectivity index (χ0) is 14.8. The van der Waals surface area contributed by atoms with Gasteiger partial charge < -0.3 is 10.7 Å². The molecule has 7 nitrogen and oxygen atoms in total. The maximum Gasteiger partial charge on any atom is 0.294 e. The molecule has 0 aliphatic heterocycles. The summed E-state index contributed by atoms with van der Waals surface area (Å²) in [5.41, 5.74) is 2.72. The quantitative estimate of drug-likeness (QED) is 0.417. The Bertz CT molecular complexity index is 540. The van der Waals surface area contributed by atoms with Gasteiger partial charge in [-0.2, -0.15) is 0 Å². The molecule has 1 saturated carbocycles. The molecule has 1 aromatic carbocycles. The number of nitrogen functional groups attached to an aromatic ring is 1. The average Bonchev–Trinajstić information content (AvgIpc) is 3.24. The Kier molecular flexibility index (Phi) is 3.89. The van der Waals surface area contributed by atoms with E-state index in [1.807, 2.05) is 0 Å². The molecule has 0 radical (unpaired) electrons. The first kappa shape index (κ1) is 14.3. The molecule has 7 heteroatoms. The van der Waals surface area contributed by atoms with Crippen molar-refractivity contribution in [1.29, 1.82) is 0 Å². The highest BCUT2D eigenvalue weighted by Gasteiger charge is 2.40. The van der Waals surface area contributed by atoms with E-state index in [0.717, 1.165) is 19.3 Å². The monoisotopic (exact) mass is 278 g/mol. The Morgan fingerprint density at radius 1 is 1.50 bits per heavy atom. The van der Waals surface area contributed by atoms with E-state index in [2.05, 4.69) is 17.7 Å². The number of nitrogens with two attached hydrogens (primary N) is 1. The lowest BCUT2D eigenvalue weighted by molar-refractivity contribution is -0.384. The number of benzene rings is 1. The van der Waals surface area contributed by atoms with Gasteiger partial charge in [0.25, 0.3) is 11.6 Å². The fourth-order valence-corrected chi connectivity index (χ4v) is 2.15. The van der Waals surface area contributed by atoms with Crippen LogP contribution in [0.1, 0.15) is 36.5 Å². The van der Waals surface area contributed by atoms with Crippen molar-refractivity contribution in [1.82, 2.24) is 5.32 Å². The molecular formula is C13H18N4O3. The number of nitrogens with one attached hydrogen (secondary N) is 2. The summed E-state index contributed by atoms with van der Waals surface area (Å²) in [6.07, 6.45) is 3.28. The number of carbonyl (C=O) groups is 1. The number of nitro benzene ring substituents is 1. The SMILES string of the molecule is CCC1(CNC(=O)c2ccc(NN)c([N+](=O)[O-])c2)CC1. The van der Waals surface area contributed by atoms with Crippen LogP contribution in [0.25, 0.3) is 0 Å². The molecule has 1 aromatic rings. The lowest BCUT2D eigenvalue weighted by Crippen LogP contribution is -2.30. The third-order valence-electron chi connectivity index (χ3n) is 3.94. The van der Waals surface area contributed by atoms with Gasteiger partial charge in [0.05, 0.1) is 4.92 Å². The third kappa shape index (κ3) is 2.88. The first-order valence-electron chi connectivity index (χ1n) is 6.54. The van der Waals surface area contributed by atoms with Gasteiger partial charge >= 0.3 is 0 Å². The van der Waals surface area contributed by atoms with Crippen molar-refractivity contribution in [3.05, 3.63) is 33.9 Å². The Morgan fingerprint density at radius 2 is 2.20 bits per heavy atom. The Hall–Kier alpha value is -2.15. The third-order valence-corrected chi connectivity index (χ3v) is 3.94. The van der Waals surface area contributed by atoms with Crippen LogP contribution in [-0.2, 0) is 0 Å². The van der Waals surface area contributed by atoms with Crippen molar-refractivity contribution in [3.8, 4) is 0 Å². The molecule has 0 atom stereocenters. The van der Waals surface area contributed by atoms with E-state index in [1.165, 1.54) is 18.2 Å². The fourth-order valence-electron chi connectivity index (χ4n) is 2.15. The van der Waals surface area contributed by atoms with E-state index < -0.39 is 4.92 Å². The van der Waals surface area contributed by atoms with Gasteiger partial charge in [-0.1, -0.05) is 6.92 Å². The highest BCUT2D eigenvalue weighted by atomic mass is 16.6. The van der Waals surface area contributed by atoms with Gasteiger partial charge in [0.15, 0.2) is 0 Å². The topological polar surface area (TPSA) is 110 Å². The molecule has 4 N–H and O–H groups in total. The maximum absolute atomic E-state index is 12.0. The number of nitrogens with zero attached hydrogens (tertiary/aromatic N) is 1. The van der Waals surface area contributed by atoms with Gasteiger partial charge in [-0.05, 0) is 36.8 Å². The standard InChI is InChI=1S/C13H18N4O3/c1-2-13(5-6-13)8-15-12(18)9-3-4-10(16-14)11(7-9)17(19)20/h3-4,7,16H,2,5-6,8,14H2,1H3,(H,15,18). The van der Waals surface area contributed by atoms with Crippen molar-refractivity contribution in [3.63, 3.8) is 0 Å². The molecule has 20 heavy (non-hydrogen) atoms. The van der Waals surface area contributed by atoms with Crippen LogP contribution in [0, 0.1) is 15.5 Å². The second kappa shape index (κ2) is 5.46. The van der Waals surface area contributed by atoms with Crippen molar-refractivity contribution in [2.45, 2.75) is 26.2 Å². The summed E-state index contributed by atoms with van der Waals surface area (Å²) < 4.78 is 0. The van der Waals surface area contributed by atoms with Gasteiger partial charge in [0.1, 0.15) is 5.69 Å².